The zero-order chi connectivity index (χ0) is 16.7. The number of piperidine rings is 1. The lowest BCUT2D eigenvalue weighted by molar-refractivity contribution is 0.133. The van der Waals surface area contributed by atoms with E-state index in [0.29, 0.717) is 0 Å². The van der Waals surface area contributed by atoms with E-state index in [0.717, 1.165) is 23.8 Å². The molecule has 2 nitrogen and oxygen atoms in total. The Morgan fingerprint density at radius 2 is 1.67 bits per heavy atom. The Balaban J connectivity index is 1.31. The summed E-state index contributed by atoms with van der Waals surface area (Å²) in [5.74, 6) is 2.83. The molecule has 132 valence electrons. The van der Waals surface area contributed by atoms with Gasteiger partial charge in [-0.1, -0.05) is 24.6 Å². The minimum Gasteiger partial charge on any atom is -0.300 e. The second-order valence-corrected chi connectivity index (χ2v) is 9.71. The number of hydrogen-bond donors (Lipinski definition) is 0. The van der Waals surface area contributed by atoms with Gasteiger partial charge in [0.25, 0.3) is 0 Å². The summed E-state index contributed by atoms with van der Waals surface area (Å²) >= 11 is 2.00. The third-order valence-electron chi connectivity index (χ3n) is 6.59. The summed E-state index contributed by atoms with van der Waals surface area (Å²) < 4.78 is 2.64. The van der Waals surface area contributed by atoms with Crippen LogP contribution in [0.25, 0.3) is 0 Å². The Morgan fingerprint density at radius 1 is 1.00 bits per heavy atom. The van der Waals surface area contributed by atoms with Crippen molar-refractivity contribution in [3.05, 3.63) is 29.3 Å². The van der Waals surface area contributed by atoms with E-state index in [-0.39, 0.29) is 0 Å². The van der Waals surface area contributed by atoms with Gasteiger partial charge in [0, 0.05) is 24.0 Å². The number of aryl methyl sites for hydroxylation is 2. The molecule has 2 saturated heterocycles. The first-order valence-corrected chi connectivity index (χ1v) is 10.6. The number of fused-ring (bicyclic) bond motifs is 1. The molecule has 0 radical (unpaired) electrons. The molecule has 0 amide bonds. The molecule has 1 saturated carbocycles. The zero-order valence-corrected chi connectivity index (χ0v) is 16.3. The molecule has 1 aromatic rings. The normalized spacial score (nSPS) is 32.4. The molecule has 1 aromatic carbocycles. The third-order valence-corrected chi connectivity index (χ3v) is 7.80. The van der Waals surface area contributed by atoms with Crippen LogP contribution < -0.4 is 0 Å². The van der Waals surface area contributed by atoms with Gasteiger partial charge in [-0.15, -0.1) is 0 Å². The molecular weight excluding hydrogens is 312 g/mol. The van der Waals surface area contributed by atoms with Crippen molar-refractivity contribution in [2.75, 3.05) is 26.2 Å². The molecule has 2 heterocycles. The van der Waals surface area contributed by atoms with Gasteiger partial charge in [0.15, 0.2) is 0 Å². The van der Waals surface area contributed by atoms with E-state index in [1.807, 2.05) is 11.9 Å². The Morgan fingerprint density at radius 3 is 2.29 bits per heavy atom. The van der Waals surface area contributed by atoms with Gasteiger partial charge in [-0.25, -0.2) is 4.31 Å². The number of rotatable bonds is 3. The molecule has 0 spiro atoms. The summed E-state index contributed by atoms with van der Waals surface area (Å²) in [5, 5.41) is 0. The lowest BCUT2D eigenvalue weighted by Crippen LogP contribution is -2.40. The SMILES string of the molecule is Cc1ccc(SN2CC3CC(N4CCC(C)CC4)CC3C2)c(C)c1. The zero-order valence-electron chi connectivity index (χ0n) is 15.5. The number of hydrogen-bond acceptors (Lipinski definition) is 3. The van der Waals surface area contributed by atoms with E-state index in [2.05, 4.69) is 48.2 Å². The summed E-state index contributed by atoms with van der Waals surface area (Å²) in [4.78, 5) is 4.27. The maximum atomic E-state index is 2.82. The van der Waals surface area contributed by atoms with E-state index in [4.69, 9.17) is 0 Å². The summed E-state index contributed by atoms with van der Waals surface area (Å²) in [6, 6.07) is 7.76. The van der Waals surface area contributed by atoms with Gasteiger partial charge in [0.05, 0.1) is 0 Å². The van der Waals surface area contributed by atoms with Crippen LogP contribution in [0.15, 0.2) is 23.1 Å². The highest BCUT2D eigenvalue weighted by atomic mass is 32.2. The molecular formula is C21H32N2S. The molecule has 1 aliphatic carbocycles. The van der Waals surface area contributed by atoms with E-state index >= 15 is 0 Å². The van der Waals surface area contributed by atoms with Crippen molar-refractivity contribution >= 4 is 11.9 Å². The highest BCUT2D eigenvalue weighted by Crippen LogP contribution is 2.44. The molecule has 24 heavy (non-hydrogen) atoms. The smallest absolute Gasteiger partial charge is 0.0259 e. The van der Waals surface area contributed by atoms with Crippen molar-refractivity contribution in [3.63, 3.8) is 0 Å². The fourth-order valence-corrected chi connectivity index (χ4v) is 6.17. The third kappa shape index (κ3) is 3.54. The predicted octanol–water partition coefficient (Wildman–Crippen LogP) is 4.75. The molecule has 0 N–H and O–H groups in total. The summed E-state index contributed by atoms with van der Waals surface area (Å²) in [6.07, 6.45) is 5.73. The average Bonchev–Trinajstić information content (AvgIpc) is 3.09. The van der Waals surface area contributed by atoms with E-state index < -0.39 is 0 Å². The van der Waals surface area contributed by atoms with Crippen molar-refractivity contribution in [3.8, 4) is 0 Å². The molecule has 2 aliphatic heterocycles. The Bertz CT molecular complexity index is 565. The van der Waals surface area contributed by atoms with Gasteiger partial charge in [-0.2, -0.15) is 0 Å². The van der Waals surface area contributed by atoms with Crippen LogP contribution in [0.2, 0.25) is 0 Å². The van der Waals surface area contributed by atoms with Crippen molar-refractivity contribution in [2.24, 2.45) is 17.8 Å². The van der Waals surface area contributed by atoms with Crippen molar-refractivity contribution in [1.82, 2.24) is 9.21 Å². The van der Waals surface area contributed by atoms with Crippen LogP contribution in [0, 0.1) is 31.6 Å². The van der Waals surface area contributed by atoms with Crippen molar-refractivity contribution in [1.29, 1.82) is 0 Å². The van der Waals surface area contributed by atoms with Gasteiger partial charge in [0.1, 0.15) is 0 Å². The number of benzene rings is 1. The van der Waals surface area contributed by atoms with Crippen LogP contribution in [-0.4, -0.2) is 41.4 Å². The van der Waals surface area contributed by atoms with Crippen LogP contribution in [0.5, 0.6) is 0 Å². The monoisotopic (exact) mass is 344 g/mol. The predicted molar refractivity (Wildman–Crippen MR) is 103 cm³/mol. The largest absolute Gasteiger partial charge is 0.300 e. The first-order valence-electron chi connectivity index (χ1n) is 9.82. The summed E-state index contributed by atoms with van der Waals surface area (Å²) in [5.41, 5.74) is 2.80. The number of nitrogens with zero attached hydrogens (tertiary/aromatic N) is 2. The number of likely N-dealkylation sites (tertiary alicyclic amines) is 1. The Labute approximate surface area is 152 Å². The molecule has 0 bridgehead atoms. The summed E-state index contributed by atoms with van der Waals surface area (Å²) in [6.45, 7) is 12.1. The van der Waals surface area contributed by atoms with Gasteiger partial charge < -0.3 is 4.90 Å². The van der Waals surface area contributed by atoms with E-state index in [1.165, 1.54) is 67.9 Å². The molecule has 2 atom stereocenters. The first-order chi connectivity index (χ1) is 11.6. The fraction of sp³-hybridized carbons (Fsp3) is 0.714. The highest BCUT2D eigenvalue weighted by Gasteiger charge is 2.43. The van der Waals surface area contributed by atoms with Crippen LogP contribution in [0.1, 0.15) is 43.7 Å². The Kier molecular flexibility index (Phi) is 4.95. The molecule has 3 aliphatic rings. The van der Waals surface area contributed by atoms with Crippen molar-refractivity contribution < 1.29 is 0 Å². The molecule has 0 aromatic heterocycles. The molecule has 2 unspecified atom stereocenters. The van der Waals surface area contributed by atoms with E-state index in [1.54, 1.807) is 0 Å². The lowest BCUT2D eigenvalue weighted by atomic mass is 9.97. The standard InChI is InChI=1S/C21H32N2S/c1-15-6-8-22(9-7-15)20-11-18-13-23(14-19(18)12-20)24-21-5-4-16(2)10-17(21)3/h4-5,10,15,18-20H,6-9,11-14H2,1-3H3. The van der Waals surface area contributed by atoms with Crippen LogP contribution >= 0.6 is 11.9 Å². The molecule has 3 fully saturated rings. The highest BCUT2D eigenvalue weighted by molar-refractivity contribution is 7.97. The topological polar surface area (TPSA) is 6.48 Å². The summed E-state index contributed by atoms with van der Waals surface area (Å²) in [7, 11) is 0. The van der Waals surface area contributed by atoms with E-state index in [9.17, 15) is 0 Å². The second-order valence-electron chi connectivity index (χ2n) is 8.57. The van der Waals surface area contributed by atoms with Gasteiger partial charge in [0.2, 0.25) is 0 Å². The maximum absolute atomic E-state index is 2.82. The average molecular weight is 345 g/mol. The van der Waals surface area contributed by atoms with Gasteiger partial charge in [-0.05, 0) is 94.0 Å². The van der Waals surface area contributed by atoms with Crippen LogP contribution in [0.4, 0.5) is 0 Å². The van der Waals surface area contributed by atoms with Crippen LogP contribution in [0.3, 0.4) is 0 Å². The fourth-order valence-electron chi connectivity index (χ4n) is 5.03. The minimum atomic E-state index is 0.890. The Hall–Kier alpha value is -0.510. The molecule has 4 rings (SSSR count). The first kappa shape index (κ1) is 16.9. The van der Waals surface area contributed by atoms with Crippen LogP contribution in [-0.2, 0) is 0 Å². The lowest BCUT2D eigenvalue weighted by Gasteiger charge is -2.35. The maximum Gasteiger partial charge on any atom is 0.0259 e. The second kappa shape index (κ2) is 7.01. The van der Waals surface area contributed by atoms with Gasteiger partial charge >= 0.3 is 0 Å². The molecule has 3 heteroatoms. The minimum absolute atomic E-state index is 0.890. The quantitative estimate of drug-likeness (QED) is 0.731. The van der Waals surface area contributed by atoms with Gasteiger partial charge in [-0.3, -0.25) is 0 Å². The van der Waals surface area contributed by atoms with Crippen molar-refractivity contribution in [2.45, 2.75) is 57.4 Å².